The molecule has 1 amide bonds. The Hall–Kier alpha value is -1.74. The lowest BCUT2D eigenvalue weighted by Crippen LogP contribution is -2.41. The van der Waals surface area contributed by atoms with Crippen LogP contribution in [-0.2, 0) is 9.31 Å². The molecule has 2 rings (SSSR count). The highest BCUT2D eigenvalue weighted by Gasteiger charge is 2.52. The standard InChI is InChI=1S/C15H19BF3NO4/c1-13(2)14(3,4)24-16(23-13)9-6-7-10(12(21)20-5)11(8-9)22-15(17,18)19/h6-8H,1-5H3,(H,20,21). The summed E-state index contributed by atoms with van der Waals surface area (Å²) in [6.07, 6.45) is -4.92. The SMILES string of the molecule is CNC(=O)c1ccc(B2OC(C)(C)C(C)(C)O2)cc1OC(F)(F)F. The van der Waals surface area contributed by atoms with Gasteiger partial charge in [0.15, 0.2) is 0 Å². The molecule has 0 aromatic heterocycles. The number of nitrogens with one attached hydrogen (secondary N) is 1. The van der Waals surface area contributed by atoms with E-state index in [0.29, 0.717) is 5.46 Å². The topological polar surface area (TPSA) is 56.8 Å². The van der Waals surface area contributed by atoms with Crippen molar-refractivity contribution in [3.05, 3.63) is 23.8 Å². The van der Waals surface area contributed by atoms with Gasteiger partial charge >= 0.3 is 13.5 Å². The number of hydrogen-bond donors (Lipinski definition) is 1. The van der Waals surface area contributed by atoms with Crippen LogP contribution in [-0.4, -0.2) is 37.6 Å². The molecule has 5 nitrogen and oxygen atoms in total. The first-order valence-corrected chi connectivity index (χ1v) is 7.34. The molecule has 24 heavy (non-hydrogen) atoms. The van der Waals surface area contributed by atoms with Gasteiger partial charge in [0.05, 0.1) is 16.8 Å². The van der Waals surface area contributed by atoms with Crippen LogP contribution in [0.3, 0.4) is 0 Å². The normalized spacial score (nSPS) is 19.2. The van der Waals surface area contributed by atoms with E-state index in [-0.39, 0.29) is 5.56 Å². The molecule has 1 aromatic rings. The molecule has 1 heterocycles. The maximum atomic E-state index is 12.6. The van der Waals surface area contributed by atoms with E-state index in [9.17, 15) is 18.0 Å². The second kappa shape index (κ2) is 5.96. The zero-order chi connectivity index (χ0) is 18.3. The number of hydrogen-bond acceptors (Lipinski definition) is 4. The smallest absolute Gasteiger partial charge is 0.405 e. The van der Waals surface area contributed by atoms with Gasteiger partial charge in [-0.3, -0.25) is 4.79 Å². The number of rotatable bonds is 3. The molecule has 1 aromatic carbocycles. The number of carbonyl (C=O) groups is 1. The number of carbonyl (C=O) groups excluding carboxylic acids is 1. The van der Waals surface area contributed by atoms with E-state index in [2.05, 4.69) is 10.1 Å². The molecule has 1 saturated heterocycles. The van der Waals surface area contributed by atoms with Crippen molar-refractivity contribution in [1.82, 2.24) is 5.32 Å². The Morgan fingerprint density at radius 2 is 1.71 bits per heavy atom. The third kappa shape index (κ3) is 3.67. The lowest BCUT2D eigenvalue weighted by molar-refractivity contribution is -0.274. The number of halogens is 3. The van der Waals surface area contributed by atoms with Gasteiger partial charge in [0.1, 0.15) is 5.75 Å². The van der Waals surface area contributed by atoms with E-state index in [1.165, 1.54) is 19.2 Å². The lowest BCUT2D eigenvalue weighted by atomic mass is 9.78. The monoisotopic (exact) mass is 345 g/mol. The van der Waals surface area contributed by atoms with E-state index in [1.54, 1.807) is 0 Å². The fourth-order valence-corrected chi connectivity index (χ4v) is 2.20. The van der Waals surface area contributed by atoms with E-state index >= 15 is 0 Å². The van der Waals surface area contributed by atoms with Gasteiger partial charge in [-0.1, -0.05) is 6.07 Å². The zero-order valence-electron chi connectivity index (χ0n) is 14.1. The molecule has 1 aliphatic heterocycles. The Kier molecular flexibility index (Phi) is 4.62. The predicted molar refractivity (Wildman–Crippen MR) is 82.2 cm³/mol. The molecule has 0 bridgehead atoms. The quantitative estimate of drug-likeness (QED) is 0.854. The minimum absolute atomic E-state index is 0.227. The van der Waals surface area contributed by atoms with Crippen molar-refractivity contribution in [1.29, 1.82) is 0 Å². The molecule has 132 valence electrons. The second-order valence-corrected chi connectivity index (χ2v) is 6.47. The molecule has 0 atom stereocenters. The Morgan fingerprint density at radius 1 is 1.17 bits per heavy atom. The highest BCUT2D eigenvalue weighted by Crippen LogP contribution is 2.37. The van der Waals surface area contributed by atoms with Crippen molar-refractivity contribution in [2.24, 2.45) is 0 Å². The number of ether oxygens (including phenoxy) is 1. The summed E-state index contributed by atoms with van der Waals surface area (Å²) >= 11 is 0. The number of alkyl halides is 3. The first-order valence-electron chi connectivity index (χ1n) is 7.34. The van der Waals surface area contributed by atoms with Crippen molar-refractivity contribution in [2.45, 2.75) is 45.3 Å². The van der Waals surface area contributed by atoms with Gasteiger partial charge in [-0.25, -0.2) is 0 Å². The molecular formula is C15H19BF3NO4. The van der Waals surface area contributed by atoms with Crippen molar-refractivity contribution in [2.75, 3.05) is 7.05 Å². The third-order valence-corrected chi connectivity index (χ3v) is 4.23. The zero-order valence-corrected chi connectivity index (χ0v) is 14.1. The van der Waals surface area contributed by atoms with Gasteiger partial charge in [0.2, 0.25) is 0 Å². The summed E-state index contributed by atoms with van der Waals surface area (Å²) in [5, 5.41) is 2.27. The predicted octanol–water partition coefficient (Wildman–Crippen LogP) is 2.24. The number of amides is 1. The van der Waals surface area contributed by atoms with E-state index in [1.807, 2.05) is 27.7 Å². The Morgan fingerprint density at radius 3 is 2.17 bits per heavy atom. The highest BCUT2D eigenvalue weighted by atomic mass is 19.4. The van der Waals surface area contributed by atoms with E-state index < -0.39 is 36.3 Å². The fourth-order valence-electron chi connectivity index (χ4n) is 2.20. The molecule has 1 fully saturated rings. The van der Waals surface area contributed by atoms with Gasteiger partial charge in [-0.2, -0.15) is 0 Å². The van der Waals surface area contributed by atoms with Crippen LogP contribution in [0.5, 0.6) is 5.75 Å². The average Bonchev–Trinajstić information content (AvgIpc) is 2.65. The average molecular weight is 345 g/mol. The molecule has 1 aliphatic rings. The molecule has 9 heteroatoms. The van der Waals surface area contributed by atoms with Crippen LogP contribution in [0.1, 0.15) is 38.1 Å². The summed E-state index contributed by atoms with van der Waals surface area (Å²) in [7, 11) is 0.464. The molecular weight excluding hydrogens is 326 g/mol. The minimum atomic E-state index is -4.92. The molecule has 0 aliphatic carbocycles. The largest absolute Gasteiger partial charge is 0.573 e. The van der Waals surface area contributed by atoms with Crippen LogP contribution in [0.4, 0.5) is 13.2 Å². The Balaban J connectivity index is 2.40. The van der Waals surface area contributed by atoms with Crippen molar-refractivity contribution in [3.63, 3.8) is 0 Å². The summed E-state index contributed by atoms with van der Waals surface area (Å²) in [6.45, 7) is 7.33. The van der Waals surface area contributed by atoms with Crippen LogP contribution in [0, 0.1) is 0 Å². The van der Waals surface area contributed by atoms with Crippen LogP contribution in [0.25, 0.3) is 0 Å². The van der Waals surface area contributed by atoms with Gasteiger partial charge in [0.25, 0.3) is 5.91 Å². The van der Waals surface area contributed by atoms with E-state index in [4.69, 9.17) is 9.31 Å². The maximum absolute atomic E-state index is 12.6. The fraction of sp³-hybridized carbons (Fsp3) is 0.533. The minimum Gasteiger partial charge on any atom is -0.405 e. The van der Waals surface area contributed by atoms with Crippen LogP contribution in [0.2, 0.25) is 0 Å². The third-order valence-electron chi connectivity index (χ3n) is 4.23. The van der Waals surface area contributed by atoms with Gasteiger partial charge in [-0.05, 0) is 45.3 Å². The van der Waals surface area contributed by atoms with Crippen LogP contribution < -0.4 is 15.5 Å². The number of benzene rings is 1. The van der Waals surface area contributed by atoms with Gasteiger partial charge in [0, 0.05) is 7.05 Å². The summed E-state index contributed by atoms with van der Waals surface area (Å²) in [6, 6.07) is 3.84. The molecule has 0 unspecified atom stereocenters. The second-order valence-electron chi connectivity index (χ2n) is 6.47. The van der Waals surface area contributed by atoms with Crippen molar-refractivity contribution >= 4 is 18.5 Å². The summed E-state index contributed by atoms with van der Waals surface area (Å²) < 4.78 is 53.5. The Bertz CT molecular complexity index is 630. The Labute approximate surface area is 138 Å². The molecule has 0 radical (unpaired) electrons. The van der Waals surface area contributed by atoms with Crippen LogP contribution in [0.15, 0.2) is 18.2 Å². The first-order chi connectivity index (χ1) is 10.9. The van der Waals surface area contributed by atoms with E-state index in [0.717, 1.165) is 6.07 Å². The molecule has 0 spiro atoms. The summed E-state index contributed by atoms with van der Waals surface area (Å²) in [5.74, 6) is -1.29. The van der Waals surface area contributed by atoms with Crippen molar-refractivity contribution < 1.29 is 32.0 Å². The molecule has 0 saturated carbocycles. The van der Waals surface area contributed by atoms with Gasteiger partial charge in [-0.15, -0.1) is 13.2 Å². The lowest BCUT2D eigenvalue weighted by Gasteiger charge is -2.32. The van der Waals surface area contributed by atoms with Crippen LogP contribution >= 0.6 is 0 Å². The highest BCUT2D eigenvalue weighted by molar-refractivity contribution is 6.62. The van der Waals surface area contributed by atoms with Gasteiger partial charge < -0.3 is 19.4 Å². The molecule has 1 N–H and O–H groups in total. The summed E-state index contributed by atoms with van der Waals surface area (Å²) in [4.78, 5) is 11.7. The van der Waals surface area contributed by atoms with Crippen molar-refractivity contribution in [3.8, 4) is 5.75 Å². The maximum Gasteiger partial charge on any atom is 0.573 e. The summed E-state index contributed by atoms with van der Waals surface area (Å²) in [5.41, 5.74) is -1.17. The first kappa shape index (κ1) is 18.6.